The highest BCUT2D eigenvalue weighted by Gasteiger charge is 2.22. The van der Waals surface area contributed by atoms with Crippen molar-refractivity contribution in [3.8, 4) is 0 Å². The maximum Gasteiger partial charge on any atom is 0.328 e. The molecule has 0 aliphatic heterocycles. The smallest absolute Gasteiger partial charge is 0.328 e. The molecule has 0 aromatic heterocycles. The highest BCUT2D eigenvalue weighted by Crippen LogP contribution is 2.24. The summed E-state index contributed by atoms with van der Waals surface area (Å²) in [5.41, 5.74) is 0.552. The maximum atomic E-state index is 12.2. The second-order valence-electron chi connectivity index (χ2n) is 4.53. The summed E-state index contributed by atoms with van der Waals surface area (Å²) in [4.78, 5) is 24.0. The Labute approximate surface area is 144 Å². The van der Waals surface area contributed by atoms with E-state index in [1.165, 1.54) is 0 Å². The van der Waals surface area contributed by atoms with E-state index in [0.717, 1.165) is 5.75 Å². The van der Waals surface area contributed by atoms with Gasteiger partial charge in [0.25, 0.3) is 0 Å². The number of benzene rings is 1. The maximum absolute atomic E-state index is 12.2. The van der Waals surface area contributed by atoms with Crippen LogP contribution in [0.15, 0.2) is 18.2 Å². The number of ether oxygens (including phenoxy) is 1. The fourth-order valence-corrected chi connectivity index (χ4v) is 2.84. The minimum Gasteiger partial charge on any atom is -0.464 e. The normalized spacial score (nSPS) is 11.8. The van der Waals surface area contributed by atoms with Crippen molar-refractivity contribution in [3.63, 3.8) is 0 Å². The van der Waals surface area contributed by atoms with Crippen LogP contribution < -0.4 is 5.32 Å². The fourth-order valence-electron chi connectivity index (χ4n) is 1.83. The zero-order valence-electron chi connectivity index (χ0n) is 12.5. The summed E-state index contributed by atoms with van der Waals surface area (Å²) in [5, 5.41) is 3.56. The van der Waals surface area contributed by atoms with Gasteiger partial charge in [-0.25, -0.2) is 4.79 Å². The third-order valence-electron chi connectivity index (χ3n) is 2.92. The molecule has 1 rings (SSSR count). The summed E-state index contributed by atoms with van der Waals surface area (Å²) in [7, 11) is 0. The standard InChI is InChI=1S/C15H19Cl2NO3S/c1-3-21-15(20)13(7-8-22-2)18-14(19)9-10-11(16)5-4-6-12(10)17/h4-6,13H,3,7-9H2,1-2H3,(H,18,19). The number of hydrogen-bond acceptors (Lipinski definition) is 4. The zero-order chi connectivity index (χ0) is 16.5. The molecule has 4 nitrogen and oxygen atoms in total. The second kappa shape index (κ2) is 9.98. The summed E-state index contributed by atoms with van der Waals surface area (Å²) >= 11 is 13.7. The van der Waals surface area contributed by atoms with Gasteiger partial charge in [-0.1, -0.05) is 29.3 Å². The monoisotopic (exact) mass is 363 g/mol. The van der Waals surface area contributed by atoms with E-state index in [0.29, 0.717) is 22.0 Å². The summed E-state index contributed by atoms with van der Waals surface area (Å²) in [6.07, 6.45) is 2.48. The van der Waals surface area contributed by atoms with Crippen molar-refractivity contribution in [2.24, 2.45) is 0 Å². The average Bonchev–Trinajstić information content (AvgIpc) is 2.47. The van der Waals surface area contributed by atoms with Gasteiger partial charge in [-0.2, -0.15) is 11.8 Å². The third kappa shape index (κ3) is 6.07. The summed E-state index contributed by atoms with van der Waals surface area (Å²) in [6.45, 7) is 2.01. The number of thioether (sulfide) groups is 1. The van der Waals surface area contributed by atoms with E-state index in [-0.39, 0.29) is 18.9 Å². The Bertz CT molecular complexity index is 505. The summed E-state index contributed by atoms with van der Waals surface area (Å²) in [5.74, 6) is 0.0145. The van der Waals surface area contributed by atoms with E-state index in [2.05, 4.69) is 5.32 Å². The molecule has 22 heavy (non-hydrogen) atoms. The SMILES string of the molecule is CCOC(=O)C(CCSC)NC(=O)Cc1c(Cl)cccc1Cl. The van der Waals surface area contributed by atoms with Crippen LogP contribution in [0.3, 0.4) is 0 Å². The Morgan fingerprint density at radius 3 is 2.50 bits per heavy atom. The van der Waals surface area contributed by atoms with Crippen LogP contribution in [0.5, 0.6) is 0 Å². The molecule has 0 fully saturated rings. The average molecular weight is 364 g/mol. The second-order valence-corrected chi connectivity index (χ2v) is 6.33. The molecule has 7 heteroatoms. The Hall–Kier alpha value is -0.910. The van der Waals surface area contributed by atoms with E-state index < -0.39 is 12.0 Å². The number of nitrogens with one attached hydrogen (secondary N) is 1. The molecule has 1 aromatic carbocycles. The molecule has 0 aliphatic rings. The lowest BCUT2D eigenvalue weighted by Crippen LogP contribution is -2.43. The molecule has 0 bridgehead atoms. The minimum absolute atomic E-state index is 0.0215. The molecule has 1 amide bonds. The molecule has 0 saturated carbocycles. The van der Waals surface area contributed by atoms with Crippen molar-refractivity contribution in [1.82, 2.24) is 5.32 Å². The van der Waals surface area contributed by atoms with Gasteiger partial charge in [0, 0.05) is 10.0 Å². The minimum atomic E-state index is -0.652. The predicted octanol–water partition coefficient (Wildman–Crippen LogP) is 3.34. The van der Waals surface area contributed by atoms with Crippen molar-refractivity contribution in [3.05, 3.63) is 33.8 Å². The Kier molecular flexibility index (Phi) is 8.68. The first kappa shape index (κ1) is 19.1. The van der Waals surface area contributed by atoms with Gasteiger partial charge in [-0.15, -0.1) is 0 Å². The number of halogens is 2. The first-order valence-corrected chi connectivity index (χ1v) is 9.02. The van der Waals surface area contributed by atoms with Gasteiger partial charge in [0.05, 0.1) is 13.0 Å². The van der Waals surface area contributed by atoms with Crippen LogP contribution in [0, 0.1) is 0 Å². The molecule has 0 heterocycles. The van der Waals surface area contributed by atoms with Crippen LogP contribution in [0.25, 0.3) is 0 Å². The zero-order valence-corrected chi connectivity index (χ0v) is 14.9. The number of esters is 1. The van der Waals surface area contributed by atoms with E-state index in [4.69, 9.17) is 27.9 Å². The third-order valence-corrected chi connectivity index (χ3v) is 4.27. The highest BCUT2D eigenvalue weighted by molar-refractivity contribution is 7.98. The van der Waals surface area contributed by atoms with Crippen LogP contribution in [0.2, 0.25) is 10.0 Å². The van der Waals surface area contributed by atoms with Crippen molar-refractivity contribution in [1.29, 1.82) is 0 Å². The van der Waals surface area contributed by atoms with Gasteiger partial charge in [0.1, 0.15) is 6.04 Å². The summed E-state index contributed by atoms with van der Waals surface area (Å²) < 4.78 is 4.98. The number of amides is 1. The van der Waals surface area contributed by atoms with Crippen LogP contribution in [0.1, 0.15) is 18.9 Å². The van der Waals surface area contributed by atoms with E-state index in [9.17, 15) is 9.59 Å². The lowest BCUT2D eigenvalue weighted by molar-refractivity contribution is -0.147. The van der Waals surface area contributed by atoms with E-state index in [1.54, 1.807) is 36.9 Å². The van der Waals surface area contributed by atoms with Crippen LogP contribution >= 0.6 is 35.0 Å². The molecule has 0 aliphatic carbocycles. The largest absolute Gasteiger partial charge is 0.464 e. The Morgan fingerprint density at radius 1 is 1.32 bits per heavy atom. The van der Waals surface area contributed by atoms with Crippen LogP contribution in [-0.4, -0.2) is 36.5 Å². The van der Waals surface area contributed by atoms with Gasteiger partial charge in [-0.05, 0) is 43.0 Å². The molecule has 0 saturated heterocycles. The van der Waals surface area contributed by atoms with Crippen molar-refractivity contribution < 1.29 is 14.3 Å². The van der Waals surface area contributed by atoms with Crippen molar-refractivity contribution in [2.75, 3.05) is 18.6 Å². The van der Waals surface area contributed by atoms with E-state index >= 15 is 0 Å². The summed E-state index contributed by atoms with van der Waals surface area (Å²) in [6, 6.07) is 4.41. The molecule has 1 N–H and O–H groups in total. The predicted molar refractivity (Wildman–Crippen MR) is 91.7 cm³/mol. The van der Waals surface area contributed by atoms with Crippen molar-refractivity contribution in [2.45, 2.75) is 25.8 Å². The first-order chi connectivity index (χ1) is 10.5. The van der Waals surface area contributed by atoms with Gasteiger partial charge >= 0.3 is 5.97 Å². The molecule has 1 aromatic rings. The fraction of sp³-hybridized carbons (Fsp3) is 0.467. The molecular formula is C15H19Cl2NO3S. The lowest BCUT2D eigenvalue weighted by atomic mass is 10.1. The molecule has 122 valence electrons. The first-order valence-electron chi connectivity index (χ1n) is 6.87. The highest BCUT2D eigenvalue weighted by atomic mass is 35.5. The Balaban J connectivity index is 2.72. The van der Waals surface area contributed by atoms with Gasteiger partial charge in [0.2, 0.25) is 5.91 Å². The Morgan fingerprint density at radius 2 is 1.95 bits per heavy atom. The van der Waals surface area contributed by atoms with Gasteiger partial charge in [-0.3, -0.25) is 4.79 Å². The molecule has 1 unspecified atom stereocenters. The number of hydrogen-bond donors (Lipinski definition) is 1. The number of carbonyl (C=O) groups excluding carboxylic acids is 2. The van der Waals surface area contributed by atoms with Crippen molar-refractivity contribution >= 4 is 46.8 Å². The molecular weight excluding hydrogens is 345 g/mol. The van der Waals surface area contributed by atoms with Crippen LogP contribution in [0.4, 0.5) is 0 Å². The van der Waals surface area contributed by atoms with Gasteiger partial charge < -0.3 is 10.1 Å². The molecule has 1 atom stereocenters. The van der Waals surface area contributed by atoms with Crippen LogP contribution in [-0.2, 0) is 20.7 Å². The van der Waals surface area contributed by atoms with Gasteiger partial charge in [0.15, 0.2) is 0 Å². The van der Waals surface area contributed by atoms with E-state index in [1.807, 2.05) is 6.26 Å². The topological polar surface area (TPSA) is 55.4 Å². The molecule has 0 radical (unpaired) electrons. The quantitative estimate of drug-likeness (QED) is 0.719. The molecule has 0 spiro atoms. The number of carbonyl (C=O) groups is 2. The lowest BCUT2D eigenvalue weighted by Gasteiger charge is -2.17. The number of rotatable bonds is 8.